The molecule has 4 nitrogen and oxygen atoms in total. The molecular weight excluding hydrogens is 280 g/mol. The average molecular weight is 304 g/mol. The number of hydrogen-bond acceptors (Lipinski definition) is 4. The standard InChI is InChI=1S/C18H24O4/c1-20-16(19)7-8-17(15-5-3-2-4-6-15)9-11-18(12-10-17)21-13-14-22-18/h2-6H,7-14H2,1H3. The third-order valence-electron chi connectivity index (χ3n) is 5.20. The van der Waals surface area contributed by atoms with Gasteiger partial charge in [-0.2, -0.15) is 0 Å². The molecule has 1 spiro atoms. The van der Waals surface area contributed by atoms with Gasteiger partial charge in [0.05, 0.1) is 20.3 Å². The summed E-state index contributed by atoms with van der Waals surface area (Å²) >= 11 is 0. The number of carbonyl (C=O) groups is 1. The molecule has 1 saturated carbocycles. The molecule has 120 valence electrons. The van der Waals surface area contributed by atoms with Gasteiger partial charge in [-0.3, -0.25) is 4.79 Å². The van der Waals surface area contributed by atoms with Crippen LogP contribution >= 0.6 is 0 Å². The number of benzene rings is 1. The van der Waals surface area contributed by atoms with Crippen LogP contribution in [0.3, 0.4) is 0 Å². The molecule has 2 aliphatic rings. The van der Waals surface area contributed by atoms with Gasteiger partial charge < -0.3 is 14.2 Å². The summed E-state index contributed by atoms with van der Waals surface area (Å²) in [4.78, 5) is 11.6. The van der Waals surface area contributed by atoms with E-state index in [0.29, 0.717) is 19.6 Å². The summed E-state index contributed by atoms with van der Waals surface area (Å²) in [5.74, 6) is -0.507. The first-order valence-electron chi connectivity index (χ1n) is 8.08. The van der Waals surface area contributed by atoms with Gasteiger partial charge >= 0.3 is 5.97 Å². The Kier molecular flexibility index (Phi) is 4.50. The molecule has 1 aromatic rings. The highest BCUT2D eigenvalue weighted by Crippen LogP contribution is 2.48. The van der Waals surface area contributed by atoms with Crippen molar-refractivity contribution in [3.63, 3.8) is 0 Å². The highest BCUT2D eigenvalue weighted by atomic mass is 16.7. The number of ether oxygens (including phenoxy) is 3. The molecule has 0 aromatic heterocycles. The number of rotatable bonds is 4. The molecule has 0 atom stereocenters. The Balaban J connectivity index is 1.77. The van der Waals surface area contributed by atoms with Crippen molar-refractivity contribution < 1.29 is 19.0 Å². The molecule has 1 aliphatic heterocycles. The smallest absolute Gasteiger partial charge is 0.305 e. The zero-order valence-electron chi connectivity index (χ0n) is 13.2. The summed E-state index contributed by atoms with van der Waals surface area (Å²) in [5, 5.41) is 0. The van der Waals surface area contributed by atoms with Crippen LogP contribution in [-0.2, 0) is 24.4 Å². The first-order chi connectivity index (χ1) is 10.7. The van der Waals surface area contributed by atoms with Crippen molar-refractivity contribution in [1.29, 1.82) is 0 Å². The van der Waals surface area contributed by atoms with Crippen molar-refractivity contribution in [2.75, 3.05) is 20.3 Å². The van der Waals surface area contributed by atoms with Gasteiger partial charge in [-0.25, -0.2) is 0 Å². The van der Waals surface area contributed by atoms with E-state index in [-0.39, 0.29) is 17.2 Å². The first-order valence-corrected chi connectivity index (χ1v) is 8.08. The predicted octanol–water partition coefficient (Wildman–Crippen LogP) is 3.19. The van der Waals surface area contributed by atoms with Crippen LogP contribution in [0.1, 0.15) is 44.1 Å². The summed E-state index contributed by atoms with van der Waals surface area (Å²) in [6, 6.07) is 10.5. The molecular formula is C18H24O4. The second-order valence-corrected chi connectivity index (χ2v) is 6.33. The molecule has 0 amide bonds. The zero-order valence-corrected chi connectivity index (χ0v) is 13.2. The predicted molar refractivity (Wildman–Crippen MR) is 82.5 cm³/mol. The van der Waals surface area contributed by atoms with Gasteiger partial charge in [0.2, 0.25) is 0 Å². The molecule has 0 unspecified atom stereocenters. The summed E-state index contributed by atoms with van der Waals surface area (Å²) in [6.45, 7) is 1.39. The minimum Gasteiger partial charge on any atom is -0.469 e. The second-order valence-electron chi connectivity index (χ2n) is 6.33. The van der Waals surface area contributed by atoms with E-state index in [1.54, 1.807) is 0 Å². The molecule has 3 rings (SSSR count). The fraction of sp³-hybridized carbons (Fsp3) is 0.611. The topological polar surface area (TPSA) is 44.8 Å². The maximum absolute atomic E-state index is 11.6. The van der Waals surface area contributed by atoms with Gasteiger partial charge in [0.25, 0.3) is 0 Å². The van der Waals surface area contributed by atoms with E-state index in [0.717, 1.165) is 32.1 Å². The Bertz CT molecular complexity index is 495. The lowest BCUT2D eigenvalue weighted by Gasteiger charge is -2.44. The number of methoxy groups -OCH3 is 1. The van der Waals surface area contributed by atoms with Crippen LogP contribution in [0.4, 0.5) is 0 Å². The van der Waals surface area contributed by atoms with E-state index in [1.165, 1.54) is 12.7 Å². The van der Waals surface area contributed by atoms with Crippen molar-refractivity contribution in [3.8, 4) is 0 Å². The summed E-state index contributed by atoms with van der Waals surface area (Å²) in [5.41, 5.74) is 1.34. The average Bonchev–Trinajstić information content (AvgIpc) is 3.04. The van der Waals surface area contributed by atoms with E-state index in [2.05, 4.69) is 24.3 Å². The number of carbonyl (C=O) groups excluding carboxylic acids is 1. The van der Waals surface area contributed by atoms with E-state index in [4.69, 9.17) is 14.2 Å². The van der Waals surface area contributed by atoms with Crippen LogP contribution < -0.4 is 0 Å². The highest BCUT2D eigenvalue weighted by molar-refractivity contribution is 5.69. The fourth-order valence-corrected chi connectivity index (χ4v) is 3.81. The SMILES string of the molecule is COC(=O)CCC1(c2ccccc2)CCC2(CC1)OCCO2. The Hall–Kier alpha value is -1.39. The second kappa shape index (κ2) is 6.39. The fourth-order valence-electron chi connectivity index (χ4n) is 3.81. The Labute approximate surface area is 131 Å². The summed E-state index contributed by atoms with van der Waals surface area (Å²) in [7, 11) is 1.45. The molecule has 2 fully saturated rings. The van der Waals surface area contributed by atoms with Gasteiger partial charge in [-0.05, 0) is 30.2 Å². The molecule has 4 heteroatoms. The zero-order chi connectivity index (χ0) is 15.5. The molecule has 0 radical (unpaired) electrons. The summed E-state index contributed by atoms with van der Waals surface area (Å²) < 4.78 is 16.5. The van der Waals surface area contributed by atoms with Crippen molar-refractivity contribution in [1.82, 2.24) is 0 Å². The first kappa shape index (κ1) is 15.5. The Morgan fingerprint density at radius 2 is 1.73 bits per heavy atom. The molecule has 1 aliphatic carbocycles. The van der Waals surface area contributed by atoms with Crippen LogP contribution in [-0.4, -0.2) is 32.1 Å². The lowest BCUT2D eigenvalue weighted by molar-refractivity contribution is -0.185. The van der Waals surface area contributed by atoms with Gasteiger partial charge in [0, 0.05) is 19.3 Å². The normalized spacial score (nSPS) is 22.6. The van der Waals surface area contributed by atoms with E-state index in [9.17, 15) is 4.79 Å². The molecule has 1 aromatic carbocycles. The van der Waals surface area contributed by atoms with Crippen molar-refractivity contribution in [3.05, 3.63) is 35.9 Å². The lowest BCUT2D eigenvalue weighted by Crippen LogP contribution is -2.42. The quantitative estimate of drug-likeness (QED) is 0.801. The van der Waals surface area contributed by atoms with E-state index < -0.39 is 0 Å². The minimum atomic E-state index is -0.371. The Morgan fingerprint density at radius 1 is 1.09 bits per heavy atom. The van der Waals surface area contributed by atoms with Crippen molar-refractivity contribution in [2.45, 2.75) is 49.7 Å². The molecule has 1 heterocycles. The van der Waals surface area contributed by atoms with Crippen LogP contribution in [0.15, 0.2) is 30.3 Å². The molecule has 0 bridgehead atoms. The van der Waals surface area contributed by atoms with E-state index >= 15 is 0 Å². The third kappa shape index (κ3) is 3.03. The van der Waals surface area contributed by atoms with E-state index in [1.807, 2.05) is 6.07 Å². The van der Waals surface area contributed by atoms with Gasteiger partial charge in [0.15, 0.2) is 5.79 Å². The monoisotopic (exact) mass is 304 g/mol. The maximum atomic E-state index is 11.6. The van der Waals surface area contributed by atoms with Crippen molar-refractivity contribution in [2.24, 2.45) is 0 Å². The molecule has 1 saturated heterocycles. The Morgan fingerprint density at radius 3 is 2.32 bits per heavy atom. The number of esters is 1. The van der Waals surface area contributed by atoms with Crippen LogP contribution in [0, 0.1) is 0 Å². The van der Waals surface area contributed by atoms with Gasteiger partial charge in [-0.1, -0.05) is 30.3 Å². The van der Waals surface area contributed by atoms with Gasteiger partial charge in [0.1, 0.15) is 0 Å². The van der Waals surface area contributed by atoms with Crippen LogP contribution in [0.25, 0.3) is 0 Å². The van der Waals surface area contributed by atoms with Crippen molar-refractivity contribution >= 4 is 5.97 Å². The lowest BCUT2D eigenvalue weighted by atomic mass is 9.65. The largest absolute Gasteiger partial charge is 0.469 e. The third-order valence-corrected chi connectivity index (χ3v) is 5.20. The van der Waals surface area contributed by atoms with Gasteiger partial charge in [-0.15, -0.1) is 0 Å². The summed E-state index contributed by atoms with van der Waals surface area (Å²) in [6.07, 6.45) is 5.02. The molecule has 22 heavy (non-hydrogen) atoms. The van der Waals surface area contributed by atoms with Crippen LogP contribution in [0.2, 0.25) is 0 Å². The number of hydrogen-bond donors (Lipinski definition) is 0. The molecule has 0 N–H and O–H groups in total. The minimum absolute atomic E-state index is 0.0238. The van der Waals surface area contributed by atoms with Crippen LogP contribution in [0.5, 0.6) is 0 Å². The highest BCUT2D eigenvalue weighted by Gasteiger charge is 2.46. The maximum Gasteiger partial charge on any atom is 0.305 e.